The first-order valence-electron chi connectivity index (χ1n) is 8.14. The lowest BCUT2D eigenvalue weighted by atomic mass is 10.2. The molecule has 0 unspecified atom stereocenters. The average Bonchev–Trinajstić information content (AvgIpc) is 3.05. The molecule has 3 rings (SSSR count). The van der Waals surface area contributed by atoms with Gasteiger partial charge in [0.15, 0.2) is 11.0 Å². The SMILES string of the molecule is COc1ccc(NC(=O)CSc2nc(C)cc(C)n2)cc1-n1nnnc1C. The summed E-state index contributed by atoms with van der Waals surface area (Å²) in [5.41, 5.74) is 3.01. The molecule has 0 radical (unpaired) electrons. The van der Waals surface area contributed by atoms with Gasteiger partial charge in [0.25, 0.3) is 0 Å². The molecule has 1 aromatic carbocycles. The van der Waals surface area contributed by atoms with E-state index in [0.717, 1.165) is 11.4 Å². The second-order valence-electron chi connectivity index (χ2n) is 5.79. The van der Waals surface area contributed by atoms with Gasteiger partial charge in [-0.05, 0) is 55.5 Å². The number of aryl methyl sites for hydroxylation is 3. The molecule has 0 saturated heterocycles. The highest BCUT2D eigenvalue weighted by atomic mass is 32.2. The number of hydrogen-bond acceptors (Lipinski definition) is 8. The molecule has 0 saturated carbocycles. The van der Waals surface area contributed by atoms with Crippen LogP contribution in [0.3, 0.4) is 0 Å². The van der Waals surface area contributed by atoms with Gasteiger partial charge in [-0.2, -0.15) is 4.68 Å². The fourth-order valence-electron chi connectivity index (χ4n) is 2.47. The number of benzene rings is 1. The zero-order valence-electron chi connectivity index (χ0n) is 15.4. The second-order valence-corrected chi connectivity index (χ2v) is 6.74. The molecule has 0 aliphatic heterocycles. The van der Waals surface area contributed by atoms with Crippen LogP contribution in [0.5, 0.6) is 5.75 Å². The summed E-state index contributed by atoms with van der Waals surface area (Å²) in [4.78, 5) is 21.0. The number of nitrogens with one attached hydrogen (secondary N) is 1. The minimum atomic E-state index is -0.160. The van der Waals surface area contributed by atoms with Gasteiger partial charge < -0.3 is 10.1 Å². The molecule has 0 bridgehead atoms. The summed E-state index contributed by atoms with van der Waals surface area (Å²) >= 11 is 1.29. The molecule has 140 valence electrons. The molecule has 10 heteroatoms. The number of carbonyl (C=O) groups is 1. The molecular formula is C17H19N7O2S. The van der Waals surface area contributed by atoms with Crippen LogP contribution in [0, 0.1) is 20.8 Å². The molecule has 0 aliphatic rings. The van der Waals surface area contributed by atoms with Crippen molar-refractivity contribution in [3.63, 3.8) is 0 Å². The molecule has 0 atom stereocenters. The zero-order valence-corrected chi connectivity index (χ0v) is 16.2. The van der Waals surface area contributed by atoms with Crippen LogP contribution in [0.4, 0.5) is 5.69 Å². The number of thioether (sulfide) groups is 1. The van der Waals surface area contributed by atoms with Crippen LogP contribution in [0.2, 0.25) is 0 Å². The van der Waals surface area contributed by atoms with Crippen molar-refractivity contribution in [2.24, 2.45) is 0 Å². The Bertz CT molecular complexity index is 953. The largest absolute Gasteiger partial charge is 0.494 e. The summed E-state index contributed by atoms with van der Waals surface area (Å²) in [5, 5.41) is 14.9. The monoisotopic (exact) mass is 385 g/mol. The highest BCUT2D eigenvalue weighted by molar-refractivity contribution is 7.99. The van der Waals surface area contributed by atoms with Crippen LogP contribution in [-0.2, 0) is 4.79 Å². The molecular weight excluding hydrogens is 366 g/mol. The summed E-state index contributed by atoms with van der Waals surface area (Å²) in [6, 6.07) is 7.17. The molecule has 2 aromatic heterocycles. The van der Waals surface area contributed by atoms with Gasteiger partial charge >= 0.3 is 0 Å². The van der Waals surface area contributed by atoms with Gasteiger partial charge in [0.05, 0.1) is 12.9 Å². The number of nitrogens with zero attached hydrogens (tertiary/aromatic N) is 6. The van der Waals surface area contributed by atoms with Crippen LogP contribution in [0.15, 0.2) is 29.4 Å². The summed E-state index contributed by atoms with van der Waals surface area (Å²) < 4.78 is 6.91. The number of aromatic nitrogens is 6. The maximum absolute atomic E-state index is 12.3. The maximum Gasteiger partial charge on any atom is 0.234 e. The smallest absolute Gasteiger partial charge is 0.234 e. The number of anilines is 1. The van der Waals surface area contributed by atoms with Crippen molar-refractivity contribution in [3.8, 4) is 11.4 Å². The van der Waals surface area contributed by atoms with E-state index in [1.807, 2.05) is 19.9 Å². The molecule has 0 fully saturated rings. The minimum Gasteiger partial charge on any atom is -0.494 e. The Morgan fingerprint density at radius 1 is 1.19 bits per heavy atom. The van der Waals surface area contributed by atoms with Crippen LogP contribution >= 0.6 is 11.8 Å². The third-order valence-electron chi connectivity index (χ3n) is 3.61. The van der Waals surface area contributed by atoms with Crippen molar-refractivity contribution in [2.75, 3.05) is 18.2 Å². The van der Waals surface area contributed by atoms with Crippen molar-refractivity contribution in [1.82, 2.24) is 30.2 Å². The van der Waals surface area contributed by atoms with E-state index >= 15 is 0 Å². The van der Waals surface area contributed by atoms with Gasteiger partial charge in [-0.25, -0.2) is 9.97 Å². The van der Waals surface area contributed by atoms with E-state index in [2.05, 4.69) is 30.8 Å². The third kappa shape index (κ3) is 4.59. The first-order valence-corrected chi connectivity index (χ1v) is 9.13. The Labute approximate surface area is 160 Å². The van der Waals surface area contributed by atoms with E-state index in [4.69, 9.17) is 4.74 Å². The number of methoxy groups -OCH3 is 1. The molecule has 1 amide bonds. The van der Waals surface area contributed by atoms with Crippen molar-refractivity contribution in [3.05, 3.63) is 41.5 Å². The van der Waals surface area contributed by atoms with Gasteiger partial charge in [0.1, 0.15) is 11.4 Å². The van der Waals surface area contributed by atoms with E-state index in [0.29, 0.717) is 28.1 Å². The van der Waals surface area contributed by atoms with Crippen molar-refractivity contribution in [1.29, 1.82) is 0 Å². The Morgan fingerprint density at radius 3 is 2.56 bits per heavy atom. The molecule has 27 heavy (non-hydrogen) atoms. The summed E-state index contributed by atoms with van der Waals surface area (Å²) in [6.07, 6.45) is 0. The van der Waals surface area contributed by atoms with Crippen molar-refractivity contribution in [2.45, 2.75) is 25.9 Å². The Morgan fingerprint density at radius 2 is 1.93 bits per heavy atom. The molecule has 0 aliphatic carbocycles. The van der Waals surface area contributed by atoms with Gasteiger partial charge in [-0.1, -0.05) is 11.8 Å². The summed E-state index contributed by atoms with van der Waals surface area (Å²) in [7, 11) is 1.57. The van der Waals surface area contributed by atoms with Crippen molar-refractivity contribution >= 4 is 23.4 Å². The number of tetrazole rings is 1. The summed E-state index contributed by atoms with van der Waals surface area (Å²) in [5.74, 6) is 1.25. The van der Waals surface area contributed by atoms with Gasteiger partial charge in [-0.3, -0.25) is 4.79 Å². The van der Waals surface area contributed by atoms with Crippen LogP contribution in [0.25, 0.3) is 5.69 Å². The zero-order chi connectivity index (χ0) is 19.4. The normalized spacial score (nSPS) is 10.7. The van der Waals surface area contributed by atoms with E-state index in [9.17, 15) is 4.79 Å². The third-order valence-corrected chi connectivity index (χ3v) is 4.46. The number of amides is 1. The Balaban J connectivity index is 1.71. The quantitative estimate of drug-likeness (QED) is 0.508. The molecule has 3 aromatic rings. The standard InChI is InChI=1S/C17H19N7O2S/c1-10-7-11(2)19-17(18-10)27-9-16(25)20-13-5-6-15(26-4)14(8-13)24-12(3)21-22-23-24/h5-8H,9H2,1-4H3,(H,20,25). The first-order chi connectivity index (χ1) is 13.0. The maximum atomic E-state index is 12.3. The van der Waals surface area contributed by atoms with Crippen LogP contribution < -0.4 is 10.1 Å². The van der Waals surface area contributed by atoms with E-state index in [-0.39, 0.29) is 11.7 Å². The van der Waals surface area contributed by atoms with E-state index in [1.165, 1.54) is 11.8 Å². The highest BCUT2D eigenvalue weighted by Gasteiger charge is 2.13. The predicted octanol–water partition coefficient (Wildman–Crippen LogP) is 2.12. The number of ether oxygens (including phenoxy) is 1. The lowest BCUT2D eigenvalue weighted by Gasteiger charge is -2.11. The fraction of sp³-hybridized carbons (Fsp3) is 0.294. The minimum absolute atomic E-state index is 0.160. The second kappa shape index (κ2) is 8.12. The van der Waals surface area contributed by atoms with E-state index in [1.54, 1.807) is 36.9 Å². The highest BCUT2D eigenvalue weighted by Crippen LogP contribution is 2.26. The predicted molar refractivity (Wildman–Crippen MR) is 101 cm³/mol. The Hall–Kier alpha value is -3.01. The fourth-order valence-corrected chi connectivity index (χ4v) is 3.22. The molecule has 1 N–H and O–H groups in total. The molecule has 9 nitrogen and oxygen atoms in total. The summed E-state index contributed by atoms with van der Waals surface area (Å²) in [6.45, 7) is 5.59. The first kappa shape index (κ1) is 18.8. The van der Waals surface area contributed by atoms with Crippen LogP contribution in [-0.4, -0.2) is 48.9 Å². The van der Waals surface area contributed by atoms with Crippen molar-refractivity contribution < 1.29 is 9.53 Å². The van der Waals surface area contributed by atoms with Gasteiger partial charge in [0.2, 0.25) is 5.91 Å². The lowest BCUT2D eigenvalue weighted by molar-refractivity contribution is -0.113. The number of carbonyl (C=O) groups excluding carboxylic acids is 1. The number of rotatable bonds is 6. The van der Waals surface area contributed by atoms with Crippen LogP contribution in [0.1, 0.15) is 17.2 Å². The number of hydrogen-bond donors (Lipinski definition) is 1. The lowest BCUT2D eigenvalue weighted by Crippen LogP contribution is -2.15. The van der Waals surface area contributed by atoms with Gasteiger partial charge in [-0.15, -0.1) is 5.10 Å². The van der Waals surface area contributed by atoms with E-state index < -0.39 is 0 Å². The van der Waals surface area contributed by atoms with Gasteiger partial charge in [0, 0.05) is 17.1 Å². The molecule has 2 heterocycles. The topological polar surface area (TPSA) is 108 Å². The molecule has 0 spiro atoms. The average molecular weight is 385 g/mol. The Kier molecular flexibility index (Phi) is 5.65.